The van der Waals surface area contributed by atoms with Crippen molar-refractivity contribution in [2.45, 2.75) is 19.4 Å². The molecule has 114 valence electrons. The summed E-state index contributed by atoms with van der Waals surface area (Å²) in [5.74, 6) is 0.0677. The zero-order chi connectivity index (χ0) is 15.7. The highest BCUT2D eigenvalue weighted by atomic mass is 32.2. The lowest BCUT2D eigenvalue weighted by Crippen LogP contribution is -2.41. The standard InChI is InChI=1S/C16H21NO3S/c1-12-6-4-5-7-13(12)8-9-15(18)17-14(10-11-21-3)16(19)20-2/h4-9,14H,10-11H2,1-3H3,(H,17,18)/b9-8+/t14-/m0/s1. The molecule has 0 saturated carbocycles. The van der Waals surface area contributed by atoms with Gasteiger partial charge in [0.1, 0.15) is 6.04 Å². The second-order valence-corrected chi connectivity index (χ2v) is 5.54. The van der Waals surface area contributed by atoms with E-state index in [0.29, 0.717) is 6.42 Å². The first-order valence-corrected chi connectivity index (χ1v) is 8.09. The number of hydrogen-bond donors (Lipinski definition) is 1. The summed E-state index contributed by atoms with van der Waals surface area (Å²) in [4.78, 5) is 23.5. The molecule has 0 aromatic heterocycles. The van der Waals surface area contributed by atoms with Crippen LogP contribution in [0.3, 0.4) is 0 Å². The molecule has 0 radical (unpaired) electrons. The molecule has 1 aromatic rings. The molecule has 5 heteroatoms. The van der Waals surface area contributed by atoms with Gasteiger partial charge in [-0.2, -0.15) is 11.8 Å². The Balaban J connectivity index is 2.65. The molecular formula is C16H21NO3S. The van der Waals surface area contributed by atoms with Crippen molar-refractivity contribution in [1.82, 2.24) is 5.32 Å². The number of esters is 1. The second-order valence-electron chi connectivity index (χ2n) is 4.56. The van der Waals surface area contributed by atoms with Crippen molar-refractivity contribution in [3.63, 3.8) is 0 Å². The lowest BCUT2D eigenvalue weighted by atomic mass is 10.1. The van der Waals surface area contributed by atoms with Gasteiger partial charge in [-0.05, 0) is 42.6 Å². The summed E-state index contributed by atoms with van der Waals surface area (Å²) in [5, 5.41) is 2.68. The van der Waals surface area contributed by atoms with E-state index >= 15 is 0 Å². The summed E-state index contributed by atoms with van der Waals surface area (Å²) in [7, 11) is 1.32. The molecule has 0 fully saturated rings. The van der Waals surface area contributed by atoms with Crippen LogP contribution in [0.1, 0.15) is 17.5 Å². The minimum atomic E-state index is -0.600. The Kier molecular flexibility index (Phi) is 7.61. The van der Waals surface area contributed by atoms with Crippen LogP contribution in [0.2, 0.25) is 0 Å². The maximum Gasteiger partial charge on any atom is 0.328 e. The fourth-order valence-corrected chi connectivity index (χ4v) is 2.26. The molecule has 0 aliphatic heterocycles. The van der Waals surface area contributed by atoms with Crippen LogP contribution in [0.15, 0.2) is 30.3 Å². The topological polar surface area (TPSA) is 55.4 Å². The van der Waals surface area contributed by atoms with E-state index in [2.05, 4.69) is 5.32 Å². The van der Waals surface area contributed by atoms with Crippen LogP contribution in [-0.4, -0.2) is 37.0 Å². The summed E-state index contributed by atoms with van der Waals surface area (Å²) in [6.07, 6.45) is 5.69. The molecule has 0 spiro atoms. The highest BCUT2D eigenvalue weighted by molar-refractivity contribution is 7.98. The first kappa shape index (κ1) is 17.3. The number of carbonyl (C=O) groups is 2. The Morgan fingerprint density at radius 2 is 2.10 bits per heavy atom. The first-order valence-electron chi connectivity index (χ1n) is 6.69. The Morgan fingerprint density at radius 1 is 1.38 bits per heavy atom. The summed E-state index contributed by atoms with van der Waals surface area (Å²) in [6.45, 7) is 1.98. The van der Waals surface area contributed by atoms with E-state index in [-0.39, 0.29) is 5.91 Å². The zero-order valence-electron chi connectivity index (χ0n) is 12.6. The van der Waals surface area contributed by atoms with Gasteiger partial charge in [-0.3, -0.25) is 4.79 Å². The molecule has 1 amide bonds. The normalized spacial score (nSPS) is 12.1. The van der Waals surface area contributed by atoms with E-state index in [1.165, 1.54) is 13.2 Å². The average molecular weight is 307 g/mol. The lowest BCUT2D eigenvalue weighted by Gasteiger charge is -2.14. The van der Waals surface area contributed by atoms with Gasteiger partial charge in [-0.15, -0.1) is 0 Å². The number of methoxy groups -OCH3 is 1. The third kappa shape index (κ3) is 6.04. The van der Waals surface area contributed by atoms with E-state index in [1.807, 2.05) is 37.4 Å². The number of thioether (sulfide) groups is 1. The predicted octanol–water partition coefficient (Wildman–Crippen LogP) is 2.42. The summed E-state index contributed by atoms with van der Waals surface area (Å²) in [6, 6.07) is 7.18. The third-order valence-electron chi connectivity index (χ3n) is 3.02. The molecule has 1 aromatic carbocycles. The van der Waals surface area contributed by atoms with E-state index in [0.717, 1.165) is 16.9 Å². The highest BCUT2D eigenvalue weighted by Crippen LogP contribution is 2.09. The van der Waals surface area contributed by atoms with E-state index in [9.17, 15) is 9.59 Å². The monoisotopic (exact) mass is 307 g/mol. The first-order chi connectivity index (χ1) is 10.1. The maximum absolute atomic E-state index is 11.9. The molecule has 0 bridgehead atoms. The van der Waals surface area contributed by atoms with Crippen molar-refractivity contribution in [3.8, 4) is 0 Å². The van der Waals surface area contributed by atoms with Gasteiger partial charge < -0.3 is 10.1 Å². The SMILES string of the molecule is COC(=O)[C@H](CCSC)NC(=O)/C=C/c1ccccc1C. The number of rotatable bonds is 7. The molecule has 0 unspecified atom stereocenters. The Hall–Kier alpha value is -1.75. The van der Waals surface area contributed by atoms with Gasteiger partial charge in [-0.1, -0.05) is 24.3 Å². The van der Waals surface area contributed by atoms with Crippen LogP contribution < -0.4 is 5.32 Å². The van der Waals surface area contributed by atoms with Crippen LogP contribution in [-0.2, 0) is 14.3 Å². The number of nitrogens with one attached hydrogen (secondary N) is 1. The van der Waals surface area contributed by atoms with E-state index in [4.69, 9.17) is 4.74 Å². The average Bonchev–Trinajstić information content (AvgIpc) is 2.49. The van der Waals surface area contributed by atoms with E-state index in [1.54, 1.807) is 17.8 Å². The highest BCUT2D eigenvalue weighted by Gasteiger charge is 2.19. The lowest BCUT2D eigenvalue weighted by molar-refractivity contribution is -0.144. The number of aryl methyl sites for hydroxylation is 1. The molecule has 21 heavy (non-hydrogen) atoms. The molecule has 1 rings (SSSR count). The molecule has 0 aliphatic carbocycles. The predicted molar refractivity (Wildman–Crippen MR) is 87.2 cm³/mol. The molecule has 1 atom stereocenters. The minimum Gasteiger partial charge on any atom is -0.467 e. The molecule has 0 heterocycles. The van der Waals surface area contributed by atoms with Crippen molar-refractivity contribution in [2.75, 3.05) is 19.1 Å². The van der Waals surface area contributed by atoms with E-state index < -0.39 is 12.0 Å². The zero-order valence-corrected chi connectivity index (χ0v) is 13.4. The van der Waals surface area contributed by atoms with Gasteiger partial charge in [0.15, 0.2) is 0 Å². The molecule has 0 aliphatic rings. The minimum absolute atomic E-state index is 0.297. The summed E-state index contributed by atoms with van der Waals surface area (Å²) >= 11 is 1.62. The van der Waals surface area contributed by atoms with Crippen LogP contribution in [0.5, 0.6) is 0 Å². The number of ether oxygens (including phenoxy) is 1. The van der Waals surface area contributed by atoms with Crippen molar-refractivity contribution in [1.29, 1.82) is 0 Å². The van der Waals surface area contributed by atoms with Gasteiger partial charge in [0.05, 0.1) is 7.11 Å². The molecule has 0 saturated heterocycles. The maximum atomic E-state index is 11.9. The van der Waals surface area contributed by atoms with Crippen LogP contribution in [0, 0.1) is 6.92 Å². The number of hydrogen-bond acceptors (Lipinski definition) is 4. The quantitative estimate of drug-likeness (QED) is 0.621. The third-order valence-corrected chi connectivity index (χ3v) is 3.66. The van der Waals surface area contributed by atoms with Gasteiger partial charge >= 0.3 is 5.97 Å². The van der Waals surface area contributed by atoms with Gasteiger partial charge in [0.2, 0.25) is 5.91 Å². The largest absolute Gasteiger partial charge is 0.467 e. The van der Waals surface area contributed by atoms with Crippen LogP contribution >= 0.6 is 11.8 Å². The number of carbonyl (C=O) groups excluding carboxylic acids is 2. The van der Waals surface area contributed by atoms with Crippen molar-refractivity contribution in [3.05, 3.63) is 41.5 Å². The molecular weight excluding hydrogens is 286 g/mol. The number of amides is 1. The van der Waals surface area contributed by atoms with Crippen molar-refractivity contribution in [2.24, 2.45) is 0 Å². The van der Waals surface area contributed by atoms with Crippen LogP contribution in [0.25, 0.3) is 6.08 Å². The number of benzene rings is 1. The Labute approximate surface area is 130 Å². The Morgan fingerprint density at radius 3 is 2.71 bits per heavy atom. The van der Waals surface area contributed by atoms with Crippen LogP contribution in [0.4, 0.5) is 0 Å². The van der Waals surface area contributed by atoms with Gasteiger partial charge in [-0.25, -0.2) is 4.79 Å². The van der Waals surface area contributed by atoms with Crippen molar-refractivity contribution >= 4 is 29.7 Å². The molecule has 4 nitrogen and oxygen atoms in total. The smallest absolute Gasteiger partial charge is 0.328 e. The summed E-state index contributed by atoms with van der Waals surface area (Å²) in [5.41, 5.74) is 2.07. The fourth-order valence-electron chi connectivity index (χ4n) is 1.79. The second kappa shape index (κ2) is 9.23. The summed E-state index contributed by atoms with van der Waals surface area (Å²) < 4.78 is 4.71. The Bertz CT molecular complexity index is 514. The van der Waals surface area contributed by atoms with Crippen molar-refractivity contribution < 1.29 is 14.3 Å². The molecule has 1 N–H and O–H groups in total. The van der Waals surface area contributed by atoms with Gasteiger partial charge in [0, 0.05) is 6.08 Å². The fraction of sp³-hybridized carbons (Fsp3) is 0.375. The van der Waals surface area contributed by atoms with Gasteiger partial charge in [0.25, 0.3) is 0 Å².